The van der Waals surface area contributed by atoms with Gasteiger partial charge in [0.05, 0.1) is 0 Å². The van der Waals surface area contributed by atoms with Gasteiger partial charge in [-0.2, -0.15) is 4.99 Å². The number of hydrogen-bond acceptors (Lipinski definition) is 1. The summed E-state index contributed by atoms with van der Waals surface area (Å²) < 4.78 is 0. The van der Waals surface area contributed by atoms with Crippen molar-refractivity contribution in [2.45, 2.75) is 31.6 Å². The first-order valence-corrected chi connectivity index (χ1v) is 7.11. The molecule has 0 radical (unpaired) electrons. The number of benzene rings is 1. The molecule has 108 valence electrons. The van der Waals surface area contributed by atoms with Crippen LogP contribution in [0.25, 0.3) is 0 Å². The number of aliphatic imine (C=N–C) groups is 2. The van der Waals surface area contributed by atoms with Gasteiger partial charge in [-0.3, -0.25) is 4.99 Å². The van der Waals surface area contributed by atoms with Gasteiger partial charge in [-0.15, -0.1) is 0 Å². The van der Waals surface area contributed by atoms with Crippen LogP contribution in [0.4, 0.5) is 0 Å². The second-order valence-corrected chi connectivity index (χ2v) is 5.27. The predicted molar refractivity (Wildman–Crippen MR) is 83.4 cm³/mol. The molecule has 5 nitrogen and oxygen atoms in total. The molecule has 1 saturated carbocycles. The fourth-order valence-electron chi connectivity index (χ4n) is 2.70. The molecular weight excluding hydrogens is 250 g/mol. The summed E-state index contributed by atoms with van der Waals surface area (Å²) in [4.78, 5) is 7.94. The Labute approximate surface area is 120 Å². The Balaban J connectivity index is 1.97. The highest BCUT2D eigenvalue weighted by molar-refractivity contribution is 5.92. The van der Waals surface area contributed by atoms with Crippen LogP contribution in [0.15, 0.2) is 40.3 Å². The van der Waals surface area contributed by atoms with Crippen LogP contribution >= 0.6 is 0 Å². The summed E-state index contributed by atoms with van der Waals surface area (Å²) in [7, 11) is 0. The van der Waals surface area contributed by atoms with Crippen molar-refractivity contribution >= 4 is 11.9 Å². The molecule has 1 aromatic carbocycles. The lowest BCUT2D eigenvalue weighted by atomic mass is 9.72. The lowest BCUT2D eigenvalue weighted by Crippen LogP contribution is -2.26. The third-order valence-electron chi connectivity index (χ3n) is 3.90. The van der Waals surface area contributed by atoms with Crippen molar-refractivity contribution in [2.24, 2.45) is 33.1 Å². The molecule has 1 fully saturated rings. The van der Waals surface area contributed by atoms with Gasteiger partial charge in [-0.25, -0.2) is 0 Å². The highest BCUT2D eigenvalue weighted by atomic mass is 15.1. The van der Waals surface area contributed by atoms with Crippen molar-refractivity contribution < 1.29 is 0 Å². The molecule has 0 aliphatic heterocycles. The quantitative estimate of drug-likeness (QED) is 0.560. The van der Waals surface area contributed by atoms with Gasteiger partial charge in [0.2, 0.25) is 5.96 Å². The van der Waals surface area contributed by atoms with E-state index in [0.29, 0.717) is 12.5 Å². The molecule has 5 heteroatoms. The second kappa shape index (κ2) is 6.93. The van der Waals surface area contributed by atoms with Crippen LogP contribution in [0.2, 0.25) is 0 Å². The molecule has 0 spiro atoms. The highest BCUT2D eigenvalue weighted by Crippen LogP contribution is 2.41. The summed E-state index contributed by atoms with van der Waals surface area (Å²) in [6.45, 7) is 0.651. The molecule has 1 aliphatic carbocycles. The van der Waals surface area contributed by atoms with Crippen LogP contribution in [-0.2, 0) is 0 Å². The smallest absolute Gasteiger partial charge is 0.218 e. The molecular formula is C15H23N5. The number of nitrogens with zero attached hydrogens (tertiary/aromatic N) is 2. The summed E-state index contributed by atoms with van der Waals surface area (Å²) in [6, 6.07) is 10.6. The van der Waals surface area contributed by atoms with Crippen LogP contribution in [0.5, 0.6) is 0 Å². The molecule has 1 aromatic rings. The second-order valence-electron chi connectivity index (χ2n) is 5.27. The van der Waals surface area contributed by atoms with Crippen molar-refractivity contribution in [2.75, 3.05) is 6.54 Å². The molecule has 0 unspecified atom stereocenters. The van der Waals surface area contributed by atoms with Gasteiger partial charge < -0.3 is 17.2 Å². The van der Waals surface area contributed by atoms with E-state index in [-0.39, 0.29) is 11.9 Å². The standard InChI is InChI=1S/C15H23N5/c16-14(17)20-15(18)19-10-9-13(12-7-4-8-12)11-5-2-1-3-6-11/h1-3,5-6,12-13H,4,7-10H2,(H6,16,17,18,19,20)/t13-/m1/s1. The zero-order chi connectivity index (χ0) is 14.4. The van der Waals surface area contributed by atoms with Crippen LogP contribution in [0.1, 0.15) is 37.2 Å². The Morgan fingerprint density at radius 2 is 1.85 bits per heavy atom. The van der Waals surface area contributed by atoms with Gasteiger partial charge in [0.1, 0.15) is 0 Å². The van der Waals surface area contributed by atoms with Crippen molar-refractivity contribution in [1.29, 1.82) is 0 Å². The normalized spacial score (nSPS) is 17.3. The molecule has 0 saturated heterocycles. The summed E-state index contributed by atoms with van der Waals surface area (Å²) in [5, 5.41) is 0. The van der Waals surface area contributed by atoms with Gasteiger partial charge in [-0.1, -0.05) is 36.8 Å². The van der Waals surface area contributed by atoms with Crippen LogP contribution in [-0.4, -0.2) is 18.5 Å². The number of hydrogen-bond donors (Lipinski definition) is 3. The fraction of sp³-hybridized carbons (Fsp3) is 0.467. The van der Waals surface area contributed by atoms with E-state index in [0.717, 1.165) is 12.3 Å². The number of guanidine groups is 2. The van der Waals surface area contributed by atoms with Crippen molar-refractivity contribution in [3.63, 3.8) is 0 Å². The monoisotopic (exact) mass is 273 g/mol. The van der Waals surface area contributed by atoms with E-state index in [1.165, 1.54) is 24.8 Å². The maximum absolute atomic E-state index is 5.62. The van der Waals surface area contributed by atoms with E-state index in [4.69, 9.17) is 17.2 Å². The summed E-state index contributed by atoms with van der Waals surface area (Å²) in [6.07, 6.45) is 4.95. The minimum atomic E-state index is -0.0511. The Kier molecular flexibility index (Phi) is 4.98. The van der Waals surface area contributed by atoms with Gasteiger partial charge in [0.15, 0.2) is 5.96 Å². The molecule has 0 heterocycles. The number of rotatable bonds is 5. The molecule has 1 atom stereocenters. The predicted octanol–water partition coefficient (Wildman–Crippen LogP) is 1.55. The third kappa shape index (κ3) is 3.98. The summed E-state index contributed by atoms with van der Waals surface area (Å²) in [5.41, 5.74) is 17.5. The SMILES string of the molecule is NC(N)=NC(N)=NCC[C@H](c1ccccc1)C1CCC1. The third-order valence-corrected chi connectivity index (χ3v) is 3.90. The topological polar surface area (TPSA) is 103 Å². The molecule has 20 heavy (non-hydrogen) atoms. The molecule has 6 N–H and O–H groups in total. The van der Waals surface area contributed by atoms with E-state index >= 15 is 0 Å². The Morgan fingerprint density at radius 1 is 1.15 bits per heavy atom. The van der Waals surface area contributed by atoms with Crippen LogP contribution in [0, 0.1) is 5.92 Å². The van der Waals surface area contributed by atoms with E-state index < -0.39 is 0 Å². The molecule has 2 rings (SSSR count). The van der Waals surface area contributed by atoms with Gasteiger partial charge in [0, 0.05) is 6.54 Å². The Morgan fingerprint density at radius 3 is 2.40 bits per heavy atom. The largest absolute Gasteiger partial charge is 0.370 e. The maximum atomic E-state index is 5.62. The van der Waals surface area contributed by atoms with Crippen molar-refractivity contribution in [1.82, 2.24) is 0 Å². The average molecular weight is 273 g/mol. The highest BCUT2D eigenvalue weighted by Gasteiger charge is 2.27. The Bertz CT molecular complexity index is 472. The number of nitrogens with two attached hydrogens (primary N) is 3. The lowest BCUT2D eigenvalue weighted by Gasteiger charge is -2.34. The van der Waals surface area contributed by atoms with Gasteiger partial charge in [-0.05, 0) is 36.7 Å². The fourth-order valence-corrected chi connectivity index (χ4v) is 2.70. The van der Waals surface area contributed by atoms with Gasteiger partial charge in [0.25, 0.3) is 0 Å². The first kappa shape index (κ1) is 14.4. The first-order valence-electron chi connectivity index (χ1n) is 7.11. The zero-order valence-corrected chi connectivity index (χ0v) is 11.7. The average Bonchev–Trinajstić information content (AvgIpc) is 2.35. The molecule has 0 amide bonds. The van der Waals surface area contributed by atoms with E-state index in [1.807, 2.05) is 0 Å². The van der Waals surface area contributed by atoms with E-state index in [1.54, 1.807) is 0 Å². The molecule has 0 bridgehead atoms. The summed E-state index contributed by atoms with van der Waals surface area (Å²) >= 11 is 0. The van der Waals surface area contributed by atoms with E-state index in [2.05, 4.69) is 40.3 Å². The van der Waals surface area contributed by atoms with Gasteiger partial charge >= 0.3 is 0 Å². The minimum absolute atomic E-state index is 0.0511. The van der Waals surface area contributed by atoms with E-state index in [9.17, 15) is 0 Å². The molecule has 1 aliphatic rings. The first-order chi connectivity index (χ1) is 9.66. The lowest BCUT2D eigenvalue weighted by molar-refractivity contribution is 0.253. The zero-order valence-electron chi connectivity index (χ0n) is 11.7. The molecule has 0 aromatic heterocycles. The van der Waals surface area contributed by atoms with Crippen molar-refractivity contribution in [3.8, 4) is 0 Å². The van der Waals surface area contributed by atoms with Crippen LogP contribution in [0.3, 0.4) is 0 Å². The minimum Gasteiger partial charge on any atom is -0.370 e. The van der Waals surface area contributed by atoms with Crippen LogP contribution < -0.4 is 17.2 Å². The summed E-state index contributed by atoms with van der Waals surface area (Å²) in [5.74, 6) is 1.44. The Hall–Kier alpha value is -2.04. The van der Waals surface area contributed by atoms with Crippen molar-refractivity contribution in [3.05, 3.63) is 35.9 Å². The maximum Gasteiger partial charge on any atom is 0.218 e.